The Balaban J connectivity index is 2.46. The highest BCUT2D eigenvalue weighted by atomic mass is 127. The summed E-state index contributed by atoms with van der Waals surface area (Å²) in [7, 11) is 3.25. The molecule has 0 bridgehead atoms. The Morgan fingerprint density at radius 3 is 2.25 bits per heavy atom. The van der Waals surface area contributed by atoms with Crippen LogP contribution in [0.15, 0.2) is 40.9 Å². The van der Waals surface area contributed by atoms with E-state index in [9.17, 15) is 0 Å². The van der Waals surface area contributed by atoms with Gasteiger partial charge < -0.3 is 9.47 Å². The molecule has 0 saturated heterocycles. The average Bonchev–Trinajstić information content (AvgIpc) is 2.47. The van der Waals surface area contributed by atoms with E-state index in [-0.39, 0.29) is 5.38 Å². The predicted octanol–water partition coefficient (Wildman–Crippen LogP) is 5.40. The molecule has 0 fully saturated rings. The zero-order chi connectivity index (χ0) is 14.7. The van der Waals surface area contributed by atoms with E-state index in [1.54, 1.807) is 14.2 Å². The number of alkyl halides is 1. The third-order valence-electron chi connectivity index (χ3n) is 2.95. The van der Waals surface area contributed by atoms with Gasteiger partial charge in [0, 0.05) is 9.13 Å². The number of hydrogen-bond donors (Lipinski definition) is 0. The first-order valence-electron chi connectivity index (χ1n) is 5.88. The number of rotatable bonds is 4. The van der Waals surface area contributed by atoms with Crippen LogP contribution in [0.1, 0.15) is 16.5 Å². The van der Waals surface area contributed by atoms with Crippen molar-refractivity contribution in [1.82, 2.24) is 0 Å². The molecular weight excluding hydrogens is 454 g/mol. The molecule has 0 spiro atoms. The summed E-state index contributed by atoms with van der Waals surface area (Å²) in [6.07, 6.45) is 0. The molecule has 0 aliphatic heterocycles. The summed E-state index contributed by atoms with van der Waals surface area (Å²) < 4.78 is 12.7. The van der Waals surface area contributed by atoms with Gasteiger partial charge in [-0.2, -0.15) is 0 Å². The van der Waals surface area contributed by atoms with Gasteiger partial charge in [0.1, 0.15) is 16.0 Å². The van der Waals surface area contributed by atoms with Gasteiger partial charge in [-0.15, -0.1) is 11.6 Å². The van der Waals surface area contributed by atoms with Gasteiger partial charge in [0.15, 0.2) is 0 Å². The van der Waals surface area contributed by atoms with Crippen molar-refractivity contribution in [3.63, 3.8) is 0 Å². The fourth-order valence-electron chi connectivity index (χ4n) is 1.93. The minimum atomic E-state index is -0.274. The lowest BCUT2D eigenvalue weighted by Crippen LogP contribution is -1.99. The number of halogens is 3. The Hall–Kier alpha value is -0.460. The smallest absolute Gasteiger partial charge is 0.141 e. The van der Waals surface area contributed by atoms with Crippen molar-refractivity contribution in [2.24, 2.45) is 0 Å². The summed E-state index contributed by atoms with van der Waals surface area (Å²) in [5.41, 5.74) is 1.94. The summed E-state index contributed by atoms with van der Waals surface area (Å²) in [6, 6.07) is 11.9. The molecule has 2 aromatic rings. The van der Waals surface area contributed by atoms with Crippen molar-refractivity contribution in [2.75, 3.05) is 14.2 Å². The Bertz CT molecular complexity index is 602. The van der Waals surface area contributed by atoms with Crippen LogP contribution in [0.25, 0.3) is 0 Å². The van der Waals surface area contributed by atoms with Crippen LogP contribution >= 0.6 is 50.1 Å². The molecule has 2 rings (SSSR count). The van der Waals surface area contributed by atoms with Crippen LogP contribution in [0.4, 0.5) is 0 Å². The lowest BCUT2D eigenvalue weighted by atomic mass is 10.0. The van der Waals surface area contributed by atoms with Crippen molar-refractivity contribution in [3.8, 4) is 11.5 Å². The van der Waals surface area contributed by atoms with Gasteiger partial charge in [-0.05, 0) is 68.3 Å². The van der Waals surface area contributed by atoms with E-state index < -0.39 is 0 Å². The zero-order valence-electron chi connectivity index (χ0n) is 11.0. The fraction of sp³-hybridized carbons (Fsp3) is 0.200. The molecule has 0 N–H and O–H groups in total. The maximum absolute atomic E-state index is 6.59. The predicted molar refractivity (Wildman–Crippen MR) is 94.1 cm³/mol. The largest absolute Gasteiger partial charge is 0.495 e. The molecule has 0 saturated carbocycles. The normalized spacial score (nSPS) is 12.1. The summed E-state index contributed by atoms with van der Waals surface area (Å²) in [4.78, 5) is 0. The molecule has 5 heteroatoms. The molecule has 1 unspecified atom stereocenters. The van der Waals surface area contributed by atoms with Crippen LogP contribution in [-0.4, -0.2) is 14.2 Å². The molecule has 0 heterocycles. The molecule has 0 radical (unpaired) electrons. The highest BCUT2D eigenvalue weighted by Crippen LogP contribution is 2.43. The van der Waals surface area contributed by atoms with E-state index in [2.05, 4.69) is 38.5 Å². The molecule has 0 aromatic heterocycles. The van der Waals surface area contributed by atoms with Crippen molar-refractivity contribution < 1.29 is 9.47 Å². The number of methoxy groups -OCH3 is 2. The maximum Gasteiger partial charge on any atom is 0.141 e. The van der Waals surface area contributed by atoms with E-state index in [1.807, 2.05) is 36.4 Å². The summed E-state index contributed by atoms with van der Waals surface area (Å²) in [5.74, 6) is 1.42. The molecule has 0 aliphatic carbocycles. The van der Waals surface area contributed by atoms with E-state index in [0.717, 1.165) is 21.3 Å². The van der Waals surface area contributed by atoms with Gasteiger partial charge in [-0.3, -0.25) is 0 Å². The van der Waals surface area contributed by atoms with Crippen LogP contribution in [-0.2, 0) is 0 Å². The van der Waals surface area contributed by atoms with Gasteiger partial charge in [-0.25, -0.2) is 0 Å². The second-order valence-corrected chi connectivity index (χ2v) is 6.59. The molecule has 2 aromatic carbocycles. The van der Waals surface area contributed by atoms with Crippen molar-refractivity contribution >= 4 is 50.1 Å². The lowest BCUT2D eigenvalue weighted by molar-refractivity contribution is 0.386. The Kier molecular flexibility index (Phi) is 5.57. The molecule has 2 nitrogen and oxygen atoms in total. The fourth-order valence-corrected chi connectivity index (χ4v) is 3.29. The van der Waals surface area contributed by atoms with E-state index >= 15 is 0 Å². The SMILES string of the molecule is COc1ccc(C(Cl)c2ccc(I)cc2)c(OC)c1Br. The standard InChI is InChI=1S/C15H13BrClIO2/c1-19-12-8-7-11(15(20-2)13(12)16)14(17)9-3-5-10(18)6-4-9/h3-8,14H,1-2H3. The van der Waals surface area contributed by atoms with E-state index in [0.29, 0.717) is 5.75 Å². The van der Waals surface area contributed by atoms with E-state index in [1.165, 1.54) is 3.57 Å². The summed E-state index contributed by atoms with van der Waals surface area (Å²) in [6.45, 7) is 0. The topological polar surface area (TPSA) is 18.5 Å². The van der Waals surface area contributed by atoms with Crippen LogP contribution in [0, 0.1) is 3.57 Å². The maximum atomic E-state index is 6.59. The molecule has 20 heavy (non-hydrogen) atoms. The first kappa shape index (κ1) is 15.9. The van der Waals surface area contributed by atoms with Gasteiger partial charge in [0.25, 0.3) is 0 Å². The third-order valence-corrected chi connectivity index (χ3v) is 4.91. The van der Waals surface area contributed by atoms with Gasteiger partial charge >= 0.3 is 0 Å². The highest BCUT2D eigenvalue weighted by Gasteiger charge is 2.20. The molecule has 0 amide bonds. The first-order valence-corrected chi connectivity index (χ1v) is 8.19. The zero-order valence-corrected chi connectivity index (χ0v) is 15.5. The molecule has 1 atom stereocenters. The summed E-state index contributed by atoms with van der Waals surface area (Å²) >= 11 is 12.4. The number of benzene rings is 2. The van der Waals surface area contributed by atoms with Gasteiger partial charge in [0.2, 0.25) is 0 Å². The Morgan fingerprint density at radius 2 is 1.70 bits per heavy atom. The highest BCUT2D eigenvalue weighted by molar-refractivity contribution is 14.1. The molecule has 0 aliphatic rings. The number of hydrogen-bond acceptors (Lipinski definition) is 2. The van der Waals surface area contributed by atoms with Gasteiger partial charge in [-0.1, -0.05) is 12.1 Å². The monoisotopic (exact) mass is 466 g/mol. The second-order valence-electron chi connectivity index (χ2n) is 4.12. The Labute approximate surface area is 145 Å². The summed E-state index contributed by atoms with van der Waals surface area (Å²) in [5, 5.41) is -0.274. The average molecular weight is 468 g/mol. The van der Waals surface area contributed by atoms with Crippen molar-refractivity contribution in [1.29, 1.82) is 0 Å². The minimum absolute atomic E-state index is 0.274. The van der Waals surface area contributed by atoms with Crippen molar-refractivity contribution in [3.05, 3.63) is 55.6 Å². The van der Waals surface area contributed by atoms with Crippen LogP contribution in [0.3, 0.4) is 0 Å². The van der Waals surface area contributed by atoms with E-state index in [4.69, 9.17) is 21.1 Å². The van der Waals surface area contributed by atoms with Crippen LogP contribution in [0.2, 0.25) is 0 Å². The third kappa shape index (κ3) is 3.23. The van der Waals surface area contributed by atoms with Crippen LogP contribution < -0.4 is 9.47 Å². The molecule has 106 valence electrons. The van der Waals surface area contributed by atoms with Crippen LogP contribution in [0.5, 0.6) is 11.5 Å². The van der Waals surface area contributed by atoms with Crippen molar-refractivity contribution in [2.45, 2.75) is 5.38 Å². The lowest BCUT2D eigenvalue weighted by Gasteiger charge is -2.17. The molecular formula is C15H13BrClIO2. The first-order chi connectivity index (χ1) is 9.58. The number of ether oxygens (including phenoxy) is 2. The quantitative estimate of drug-likeness (QED) is 0.443. The minimum Gasteiger partial charge on any atom is -0.495 e. The Morgan fingerprint density at radius 1 is 1.05 bits per heavy atom. The second kappa shape index (κ2) is 7.00. The van der Waals surface area contributed by atoms with Gasteiger partial charge in [0.05, 0.1) is 19.6 Å².